The summed E-state index contributed by atoms with van der Waals surface area (Å²) >= 11 is 0. The number of hydrogen-bond acceptors (Lipinski definition) is 3. The van der Waals surface area contributed by atoms with Gasteiger partial charge in [-0.25, -0.2) is 4.98 Å². The molecule has 1 aliphatic rings. The Kier molecular flexibility index (Phi) is 2.89. The first-order valence-electron chi connectivity index (χ1n) is 6.56. The van der Waals surface area contributed by atoms with E-state index in [-0.39, 0.29) is 17.5 Å². The van der Waals surface area contributed by atoms with E-state index in [1.54, 1.807) is 25.1 Å². The highest BCUT2D eigenvalue weighted by atomic mass is 16.2. The van der Waals surface area contributed by atoms with E-state index in [0.29, 0.717) is 23.1 Å². The van der Waals surface area contributed by atoms with Crippen LogP contribution in [0.3, 0.4) is 0 Å². The summed E-state index contributed by atoms with van der Waals surface area (Å²) in [5.74, 6) is 0.434. The van der Waals surface area contributed by atoms with E-state index in [1.807, 2.05) is 12.1 Å². The Morgan fingerprint density at radius 3 is 2.90 bits per heavy atom. The molecular weight excluding hydrogens is 254 g/mol. The summed E-state index contributed by atoms with van der Waals surface area (Å²) in [5, 5.41) is 3.42. The van der Waals surface area contributed by atoms with Crippen molar-refractivity contribution < 1.29 is 4.79 Å². The van der Waals surface area contributed by atoms with Gasteiger partial charge in [0, 0.05) is 0 Å². The number of nitrogens with one attached hydrogen (secondary N) is 1. The SMILES string of the molecule is C=CC[C@H]1NC(=O)[C@H](C)n2c1nc1ccccc1c2=O. The first-order valence-corrected chi connectivity index (χ1v) is 6.56. The monoisotopic (exact) mass is 269 g/mol. The fourth-order valence-electron chi connectivity index (χ4n) is 2.59. The lowest BCUT2D eigenvalue weighted by atomic mass is 10.1. The average molecular weight is 269 g/mol. The molecule has 2 atom stereocenters. The highest BCUT2D eigenvalue weighted by Crippen LogP contribution is 2.24. The molecule has 3 rings (SSSR count). The summed E-state index contributed by atoms with van der Waals surface area (Å²) in [6, 6.07) is 6.35. The van der Waals surface area contributed by atoms with E-state index in [9.17, 15) is 9.59 Å². The number of fused-ring (bicyclic) bond motifs is 2. The van der Waals surface area contributed by atoms with Crippen molar-refractivity contribution in [2.45, 2.75) is 25.4 Å². The number of rotatable bonds is 2. The molecule has 0 spiro atoms. The molecule has 0 bridgehead atoms. The molecule has 1 N–H and O–H groups in total. The molecule has 5 heteroatoms. The molecule has 1 aromatic carbocycles. The third-order valence-corrected chi connectivity index (χ3v) is 3.63. The number of carbonyl (C=O) groups excluding carboxylic acids is 1. The average Bonchev–Trinajstić information content (AvgIpc) is 2.45. The van der Waals surface area contributed by atoms with Crippen molar-refractivity contribution in [3.8, 4) is 0 Å². The van der Waals surface area contributed by atoms with Crippen molar-refractivity contribution in [2.24, 2.45) is 0 Å². The molecule has 0 unspecified atom stereocenters. The first kappa shape index (κ1) is 12.6. The van der Waals surface area contributed by atoms with Crippen molar-refractivity contribution in [3.63, 3.8) is 0 Å². The van der Waals surface area contributed by atoms with Crippen LogP contribution in [0.25, 0.3) is 10.9 Å². The maximum atomic E-state index is 12.6. The van der Waals surface area contributed by atoms with E-state index in [4.69, 9.17) is 0 Å². The minimum Gasteiger partial charge on any atom is -0.344 e. The van der Waals surface area contributed by atoms with Crippen LogP contribution < -0.4 is 10.9 Å². The number of aromatic nitrogens is 2. The minimum atomic E-state index is -0.546. The lowest BCUT2D eigenvalue weighted by molar-refractivity contribution is -0.126. The molecule has 0 saturated carbocycles. The van der Waals surface area contributed by atoms with Gasteiger partial charge in [0.25, 0.3) is 5.56 Å². The number of nitrogens with zero attached hydrogens (tertiary/aromatic N) is 2. The lowest BCUT2D eigenvalue weighted by Crippen LogP contribution is -2.46. The number of hydrogen-bond donors (Lipinski definition) is 1. The van der Waals surface area contributed by atoms with Crippen LogP contribution in [0, 0.1) is 0 Å². The molecule has 0 saturated heterocycles. The molecule has 20 heavy (non-hydrogen) atoms. The van der Waals surface area contributed by atoms with Gasteiger partial charge >= 0.3 is 0 Å². The molecule has 0 aliphatic carbocycles. The first-order chi connectivity index (χ1) is 9.63. The van der Waals surface area contributed by atoms with Crippen molar-refractivity contribution in [3.05, 3.63) is 53.1 Å². The predicted molar refractivity (Wildman–Crippen MR) is 76.4 cm³/mol. The molecule has 5 nitrogen and oxygen atoms in total. The number of carbonyl (C=O) groups is 1. The van der Waals surface area contributed by atoms with Gasteiger partial charge < -0.3 is 5.32 Å². The van der Waals surface area contributed by atoms with E-state index < -0.39 is 6.04 Å². The summed E-state index contributed by atoms with van der Waals surface area (Å²) in [6.07, 6.45) is 2.26. The van der Waals surface area contributed by atoms with Crippen molar-refractivity contribution in [1.82, 2.24) is 14.9 Å². The number of para-hydroxylation sites is 1. The third kappa shape index (κ3) is 1.74. The second-order valence-electron chi connectivity index (χ2n) is 4.92. The van der Waals surface area contributed by atoms with Gasteiger partial charge in [-0.05, 0) is 25.5 Å². The van der Waals surface area contributed by atoms with E-state index in [0.717, 1.165) is 0 Å². The summed E-state index contributed by atoms with van der Waals surface area (Å²) < 4.78 is 1.50. The fraction of sp³-hybridized carbons (Fsp3) is 0.267. The molecule has 1 aromatic heterocycles. The third-order valence-electron chi connectivity index (χ3n) is 3.63. The second-order valence-corrected chi connectivity index (χ2v) is 4.92. The van der Waals surface area contributed by atoms with Crippen LogP contribution in [0.15, 0.2) is 41.7 Å². The maximum Gasteiger partial charge on any atom is 0.262 e. The standard InChI is InChI=1S/C15H15N3O2/c1-3-6-12-13-16-11-8-5-4-7-10(11)15(20)18(13)9(2)14(19)17-12/h3-5,7-9,12H,1,6H2,2H3,(H,17,19)/t9-,12+/m0/s1. The molecule has 2 heterocycles. The zero-order valence-electron chi connectivity index (χ0n) is 11.2. The van der Waals surface area contributed by atoms with E-state index in [2.05, 4.69) is 16.9 Å². The van der Waals surface area contributed by atoms with Crippen molar-refractivity contribution >= 4 is 16.8 Å². The van der Waals surface area contributed by atoms with Gasteiger partial charge in [0.2, 0.25) is 5.91 Å². The summed E-state index contributed by atoms with van der Waals surface area (Å²) in [5.41, 5.74) is 0.489. The molecule has 0 radical (unpaired) electrons. The highest BCUT2D eigenvalue weighted by molar-refractivity contribution is 5.83. The minimum absolute atomic E-state index is 0.163. The number of amides is 1. The quantitative estimate of drug-likeness (QED) is 0.844. The van der Waals surface area contributed by atoms with Crippen LogP contribution in [0.4, 0.5) is 0 Å². The van der Waals surface area contributed by atoms with Gasteiger partial charge in [0.1, 0.15) is 11.9 Å². The smallest absolute Gasteiger partial charge is 0.262 e. The number of benzene rings is 1. The molecule has 1 aliphatic heterocycles. The van der Waals surface area contributed by atoms with Crippen LogP contribution in [0.5, 0.6) is 0 Å². The van der Waals surface area contributed by atoms with Gasteiger partial charge in [-0.2, -0.15) is 0 Å². The van der Waals surface area contributed by atoms with E-state index in [1.165, 1.54) is 4.57 Å². The molecule has 0 fully saturated rings. The van der Waals surface area contributed by atoms with Gasteiger partial charge in [-0.1, -0.05) is 18.2 Å². The Hall–Kier alpha value is -2.43. The van der Waals surface area contributed by atoms with Crippen LogP contribution in [-0.2, 0) is 4.79 Å². The van der Waals surface area contributed by atoms with Gasteiger partial charge in [0.05, 0.1) is 16.9 Å². The molecule has 1 amide bonds. The summed E-state index contributed by atoms with van der Waals surface area (Å²) in [7, 11) is 0. The Balaban J connectivity index is 2.34. The van der Waals surface area contributed by atoms with Crippen molar-refractivity contribution in [2.75, 3.05) is 0 Å². The summed E-state index contributed by atoms with van der Waals surface area (Å²) in [6.45, 7) is 5.40. The van der Waals surface area contributed by atoms with E-state index >= 15 is 0 Å². The van der Waals surface area contributed by atoms with Gasteiger partial charge in [-0.3, -0.25) is 14.2 Å². The Bertz CT molecular complexity index is 763. The van der Waals surface area contributed by atoms with Crippen LogP contribution in [0.1, 0.15) is 31.3 Å². The Morgan fingerprint density at radius 2 is 2.15 bits per heavy atom. The zero-order valence-corrected chi connectivity index (χ0v) is 11.2. The highest BCUT2D eigenvalue weighted by Gasteiger charge is 2.32. The summed E-state index contributed by atoms with van der Waals surface area (Å²) in [4.78, 5) is 29.2. The van der Waals surface area contributed by atoms with Gasteiger partial charge in [-0.15, -0.1) is 6.58 Å². The molecular formula is C15H15N3O2. The maximum absolute atomic E-state index is 12.6. The van der Waals surface area contributed by atoms with Crippen molar-refractivity contribution in [1.29, 1.82) is 0 Å². The predicted octanol–water partition coefficient (Wildman–Crippen LogP) is 1.70. The largest absolute Gasteiger partial charge is 0.344 e. The normalized spacial score (nSPS) is 21.4. The topological polar surface area (TPSA) is 64.0 Å². The molecule has 2 aromatic rings. The fourth-order valence-corrected chi connectivity index (χ4v) is 2.59. The Labute approximate surface area is 115 Å². The van der Waals surface area contributed by atoms with Crippen LogP contribution in [-0.4, -0.2) is 15.5 Å². The Morgan fingerprint density at radius 1 is 1.40 bits per heavy atom. The second kappa shape index (κ2) is 4.59. The lowest BCUT2D eigenvalue weighted by Gasteiger charge is -2.30. The van der Waals surface area contributed by atoms with Gasteiger partial charge in [0.15, 0.2) is 0 Å². The van der Waals surface area contributed by atoms with Crippen LogP contribution >= 0.6 is 0 Å². The zero-order chi connectivity index (χ0) is 14.3. The molecule has 102 valence electrons. The van der Waals surface area contributed by atoms with Crippen LogP contribution in [0.2, 0.25) is 0 Å².